The lowest BCUT2D eigenvalue weighted by Crippen LogP contribution is -2.38. The summed E-state index contributed by atoms with van der Waals surface area (Å²) in [6.07, 6.45) is 2.57. The van der Waals surface area contributed by atoms with Crippen LogP contribution in [-0.4, -0.2) is 44.7 Å². The summed E-state index contributed by atoms with van der Waals surface area (Å²) in [5, 5.41) is 6.57. The van der Waals surface area contributed by atoms with Crippen LogP contribution in [0.2, 0.25) is 0 Å². The minimum absolute atomic E-state index is 0. The average Bonchev–Trinajstić information content (AvgIpc) is 3.06. The second-order valence-corrected chi connectivity index (χ2v) is 5.99. The summed E-state index contributed by atoms with van der Waals surface area (Å²) in [5.41, 5.74) is 2.11. The molecule has 0 radical (unpaired) electrons. The van der Waals surface area contributed by atoms with E-state index in [4.69, 9.17) is 4.74 Å². The van der Waals surface area contributed by atoms with E-state index in [-0.39, 0.29) is 29.9 Å². The molecular formula is C19H31IN4O2. The fraction of sp³-hybridized carbons (Fsp3) is 0.579. The van der Waals surface area contributed by atoms with E-state index >= 15 is 0 Å². The summed E-state index contributed by atoms with van der Waals surface area (Å²) in [7, 11) is 0. The highest BCUT2D eigenvalue weighted by Crippen LogP contribution is 2.21. The zero-order chi connectivity index (χ0) is 17.9. The number of nitrogens with one attached hydrogen (secondary N) is 2. The molecular weight excluding hydrogens is 443 g/mol. The minimum atomic E-state index is 0. The van der Waals surface area contributed by atoms with Crippen LogP contribution in [-0.2, 0) is 16.1 Å². The average molecular weight is 474 g/mol. The molecule has 1 aromatic carbocycles. The van der Waals surface area contributed by atoms with Crippen LogP contribution < -0.4 is 15.5 Å². The number of guanidine groups is 1. The second kappa shape index (κ2) is 12.9. The van der Waals surface area contributed by atoms with Crippen molar-refractivity contribution in [2.24, 2.45) is 4.99 Å². The highest BCUT2D eigenvalue weighted by atomic mass is 127. The predicted octanol–water partition coefficient (Wildman–Crippen LogP) is 2.91. The summed E-state index contributed by atoms with van der Waals surface area (Å²) < 4.78 is 5.34. The van der Waals surface area contributed by atoms with Crippen LogP contribution in [0.15, 0.2) is 29.3 Å². The molecule has 0 saturated carbocycles. The maximum atomic E-state index is 11.8. The number of ether oxygens (including phenoxy) is 1. The topological polar surface area (TPSA) is 66.0 Å². The van der Waals surface area contributed by atoms with E-state index in [1.807, 2.05) is 36.1 Å². The maximum absolute atomic E-state index is 11.8. The minimum Gasteiger partial charge on any atom is -0.382 e. The van der Waals surface area contributed by atoms with Gasteiger partial charge in [0.2, 0.25) is 5.91 Å². The van der Waals surface area contributed by atoms with Crippen LogP contribution in [0.5, 0.6) is 0 Å². The van der Waals surface area contributed by atoms with Crippen LogP contribution in [0, 0.1) is 0 Å². The summed E-state index contributed by atoms with van der Waals surface area (Å²) >= 11 is 0. The first-order valence-corrected chi connectivity index (χ1v) is 9.23. The highest BCUT2D eigenvalue weighted by molar-refractivity contribution is 14.0. The van der Waals surface area contributed by atoms with Gasteiger partial charge in [-0.15, -0.1) is 24.0 Å². The van der Waals surface area contributed by atoms with Gasteiger partial charge >= 0.3 is 0 Å². The van der Waals surface area contributed by atoms with Gasteiger partial charge in [0.25, 0.3) is 0 Å². The van der Waals surface area contributed by atoms with Crippen LogP contribution in [0.25, 0.3) is 0 Å². The molecule has 0 unspecified atom stereocenters. The van der Waals surface area contributed by atoms with Gasteiger partial charge < -0.3 is 20.3 Å². The van der Waals surface area contributed by atoms with E-state index in [1.165, 1.54) is 0 Å². The zero-order valence-corrected chi connectivity index (χ0v) is 18.1. The van der Waals surface area contributed by atoms with Crippen molar-refractivity contribution >= 4 is 41.5 Å². The number of amides is 1. The van der Waals surface area contributed by atoms with Gasteiger partial charge in [0.05, 0.1) is 6.54 Å². The number of rotatable bonds is 9. The molecule has 1 amide bonds. The molecule has 2 N–H and O–H groups in total. The van der Waals surface area contributed by atoms with Crippen LogP contribution >= 0.6 is 24.0 Å². The molecule has 26 heavy (non-hydrogen) atoms. The van der Waals surface area contributed by atoms with Gasteiger partial charge in [-0.05, 0) is 44.4 Å². The lowest BCUT2D eigenvalue weighted by atomic mass is 10.2. The molecule has 1 fully saturated rings. The van der Waals surface area contributed by atoms with Gasteiger partial charge in [-0.2, -0.15) is 0 Å². The number of carbonyl (C=O) groups is 1. The Hall–Kier alpha value is -1.35. The van der Waals surface area contributed by atoms with Gasteiger partial charge in [0.1, 0.15) is 0 Å². The Morgan fingerprint density at radius 3 is 2.62 bits per heavy atom. The number of nitrogens with zero attached hydrogens (tertiary/aromatic N) is 2. The Morgan fingerprint density at radius 2 is 2.00 bits per heavy atom. The van der Waals surface area contributed by atoms with Crippen molar-refractivity contribution < 1.29 is 9.53 Å². The molecule has 1 saturated heterocycles. The number of hydrogen-bond donors (Lipinski definition) is 2. The lowest BCUT2D eigenvalue weighted by molar-refractivity contribution is -0.117. The van der Waals surface area contributed by atoms with Crippen LogP contribution in [0.3, 0.4) is 0 Å². The quantitative estimate of drug-likeness (QED) is 0.250. The second-order valence-electron chi connectivity index (χ2n) is 5.99. The first-order chi connectivity index (χ1) is 12.2. The molecule has 0 spiro atoms. The Bertz CT molecular complexity index is 563. The van der Waals surface area contributed by atoms with Crippen molar-refractivity contribution in [3.8, 4) is 0 Å². The largest absolute Gasteiger partial charge is 0.382 e. The third kappa shape index (κ3) is 7.49. The molecule has 2 rings (SSSR count). The van der Waals surface area contributed by atoms with Crippen molar-refractivity contribution in [1.29, 1.82) is 0 Å². The summed E-state index contributed by atoms with van der Waals surface area (Å²) in [6, 6.07) is 8.11. The SMILES string of the molecule is CCNC(=NCc1ccc(N2CCCC2=O)cc1)NCCCOCC.I. The molecule has 1 aliphatic rings. The molecule has 146 valence electrons. The molecule has 7 heteroatoms. The van der Waals surface area contributed by atoms with Gasteiger partial charge in [0, 0.05) is 45.0 Å². The van der Waals surface area contributed by atoms with E-state index < -0.39 is 0 Å². The Labute approximate surface area is 173 Å². The summed E-state index contributed by atoms with van der Waals surface area (Å²) in [5.74, 6) is 1.04. The third-order valence-corrected chi connectivity index (χ3v) is 4.05. The molecule has 0 aromatic heterocycles. The van der Waals surface area contributed by atoms with Gasteiger partial charge in [-0.3, -0.25) is 4.79 Å². The lowest BCUT2D eigenvalue weighted by Gasteiger charge is -2.16. The number of aliphatic imine (C=N–C) groups is 1. The fourth-order valence-corrected chi connectivity index (χ4v) is 2.74. The first-order valence-electron chi connectivity index (χ1n) is 9.23. The fourth-order valence-electron chi connectivity index (χ4n) is 2.74. The zero-order valence-electron chi connectivity index (χ0n) is 15.8. The molecule has 0 bridgehead atoms. The number of hydrogen-bond acceptors (Lipinski definition) is 3. The molecule has 1 aliphatic heterocycles. The van der Waals surface area contributed by atoms with E-state index in [9.17, 15) is 4.79 Å². The normalized spacial score (nSPS) is 14.3. The maximum Gasteiger partial charge on any atom is 0.227 e. The van der Waals surface area contributed by atoms with Crippen LogP contribution in [0.4, 0.5) is 5.69 Å². The van der Waals surface area contributed by atoms with Crippen molar-refractivity contribution in [1.82, 2.24) is 10.6 Å². The number of carbonyl (C=O) groups excluding carboxylic acids is 1. The Morgan fingerprint density at radius 1 is 1.23 bits per heavy atom. The smallest absolute Gasteiger partial charge is 0.227 e. The van der Waals surface area contributed by atoms with Crippen LogP contribution in [0.1, 0.15) is 38.7 Å². The van der Waals surface area contributed by atoms with Gasteiger partial charge in [-0.1, -0.05) is 12.1 Å². The van der Waals surface area contributed by atoms with E-state index in [0.29, 0.717) is 13.0 Å². The highest BCUT2D eigenvalue weighted by Gasteiger charge is 2.21. The van der Waals surface area contributed by atoms with Crippen molar-refractivity contribution in [2.45, 2.75) is 39.7 Å². The summed E-state index contributed by atoms with van der Waals surface area (Å²) in [4.78, 5) is 18.3. The van der Waals surface area contributed by atoms with Gasteiger partial charge in [0.15, 0.2) is 5.96 Å². The molecule has 0 atom stereocenters. The number of halogens is 1. The standard InChI is InChI=1S/C19H30N4O2.HI/c1-3-20-19(21-12-6-14-25-4-2)22-15-16-8-10-17(11-9-16)23-13-5-7-18(23)24;/h8-11H,3-7,12-15H2,1-2H3,(H2,20,21,22);1H. The molecule has 0 aliphatic carbocycles. The van der Waals surface area contributed by atoms with Crippen molar-refractivity contribution in [3.05, 3.63) is 29.8 Å². The van der Waals surface area contributed by atoms with Gasteiger partial charge in [-0.25, -0.2) is 4.99 Å². The number of anilines is 1. The predicted molar refractivity (Wildman–Crippen MR) is 117 cm³/mol. The first kappa shape index (κ1) is 22.7. The van der Waals surface area contributed by atoms with E-state index in [2.05, 4.69) is 22.5 Å². The number of benzene rings is 1. The third-order valence-electron chi connectivity index (χ3n) is 4.05. The molecule has 1 heterocycles. The summed E-state index contributed by atoms with van der Waals surface area (Å²) in [6.45, 7) is 8.67. The molecule has 1 aromatic rings. The Kier molecular flexibility index (Phi) is 11.3. The van der Waals surface area contributed by atoms with Crippen molar-refractivity contribution in [3.63, 3.8) is 0 Å². The Balaban J connectivity index is 0.00000338. The monoisotopic (exact) mass is 474 g/mol. The van der Waals surface area contributed by atoms with E-state index in [0.717, 1.165) is 62.9 Å². The molecule has 6 nitrogen and oxygen atoms in total. The van der Waals surface area contributed by atoms with E-state index in [1.54, 1.807) is 0 Å². The van der Waals surface area contributed by atoms with Crippen molar-refractivity contribution in [2.75, 3.05) is 37.7 Å².